The number of ether oxygens (including phenoxy) is 1. The molecule has 1 atom stereocenters. The highest BCUT2D eigenvalue weighted by atomic mass is 32.2. The highest BCUT2D eigenvalue weighted by Crippen LogP contribution is 2.35. The lowest BCUT2D eigenvalue weighted by Gasteiger charge is -2.30. The predicted octanol–water partition coefficient (Wildman–Crippen LogP) is 5.27. The Bertz CT molecular complexity index is 1340. The Balaban J connectivity index is 1.45. The molecule has 1 unspecified atom stereocenters. The number of imidazole rings is 1. The van der Waals surface area contributed by atoms with Gasteiger partial charge in [0.15, 0.2) is 5.13 Å². The zero-order chi connectivity index (χ0) is 24.5. The molecule has 184 valence electrons. The molecule has 0 bridgehead atoms. The van der Waals surface area contributed by atoms with Gasteiger partial charge in [-0.1, -0.05) is 13.0 Å². The third kappa shape index (κ3) is 4.72. The highest BCUT2D eigenvalue weighted by molar-refractivity contribution is 7.81. The van der Waals surface area contributed by atoms with E-state index in [2.05, 4.69) is 51.3 Å². The molecule has 0 spiro atoms. The number of nitrogens with zero attached hydrogens (tertiary/aromatic N) is 5. The molecule has 4 heterocycles. The largest absolute Gasteiger partial charge is 0.497 e. The van der Waals surface area contributed by atoms with Crippen LogP contribution in [0.1, 0.15) is 36.9 Å². The highest BCUT2D eigenvalue weighted by Gasteiger charge is 2.24. The molecule has 1 aliphatic heterocycles. The van der Waals surface area contributed by atoms with Gasteiger partial charge in [0.25, 0.3) is 0 Å². The molecule has 1 aliphatic rings. The van der Waals surface area contributed by atoms with E-state index in [1.54, 1.807) is 24.7 Å². The molecule has 5 rings (SSSR count). The smallest absolute Gasteiger partial charge is 0.191 e. The van der Waals surface area contributed by atoms with Crippen molar-refractivity contribution in [1.29, 1.82) is 0 Å². The number of piperidine rings is 1. The Labute approximate surface area is 213 Å². The van der Waals surface area contributed by atoms with E-state index in [0.717, 1.165) is 71.6 Å². The van der Waals surface area contributed by atoms with Crippen molar-refractivity contribution < 1.29 is 8.95 Å². The Morgan fingerprint density at radius 3 is 2.54 bits per heavy atom. The Morgan fingerprint density at radius 1 is 1.14 bits per heavy atom. The van der Waals surface area contributed by atoms with Crippen LogP contribution >= 0.6 is 11.3 Å². The van der Waals surface area contributed by atoms with E-state index in [0.29, 0.717) is 5.92 Å². The Morgan fingerprint density at radius 2 is 1.89 bits per heavy atom. The van der Waals surface area contributed by atoms with Crippen LogP contribution in [-0.2, 0) is 17.4 Å². The first-order chi connectivity index (χ1) is 17.0. The van der Waals surface area contributed by atoms with Gasteiger partial charge in [-0.15, -0.1) is 11.3 Å². The summed E-state index contributed by atoms with van der Waals surface area (Å²) in [6.07, 6.45) is 6.89. The molecule has 0 N–H and O–H groups in total. The van der Waals surface area contributed by atoms with Crippen LogP contribution in [0.3, 0.4) is 0 Å². The molecular formula is C26H31N5O2S2. The molecule has 0 aliphatic carbocycles. The number of benzene rings is 1. The van der Waals surface area contributed by atoms with E-state index in [4.69, 9.17) is 14.7 Å². The maximum Gasteiger partial charge on any atom is 0.191 e. The molecule has 35 heavy (non-hydrogen) atoms. The van der Waals surface area contributed by atoms with Crippen molar-refractivity contribution in [2.24, 2.45) is 0 Å². The fourth-order valence-corrected chi connectivity index (χ4v) is 6.31. The minimum absolute atomic E-state index is 0.464. The van der Waals surface area contributed by atoms with Crippen molar-refractivity contribution in [2.75, 3.05) is 38.4 Å². The molecule has 1 aromatic carbocycles. The molecule has 1 saturated heterocycles. The van der Waals surface area contributed by atoms with E-state index in [9.17, 15) is 4.21 Å². The van der Waals surface area contributed by atoms with Crippen LogP contribution in [0, 0.1) is 0 Å². The second-order valence-electron chi connectivity index (χ2n) is 8.86. The van der Waals surface area contributed by atoms with Crippen LogP contribution in [0.15, 0.2) is 48.0 Å². The first kappa shape index (κ1) is 24.0. The summed E-state index contributed by atoms with van der Waals surface area (Å²) < 4.78 is 21.4. The van der Waals surface area contributed by atoms with Gasteiger partial charge in [-0.25, -0.2) is 18.5 Å². The zero-order valence-electron chi connectivity index (χ0n) is 20.6. The molecule has 0 radical (unpaired) electrons. The maximum absolute atomic E-state index is 11.8. The van der Waals surface area contributed by atoms with Crippen LogP contribution in [0.2, 0.25) is 0 Å². The minimum Gasteiger partial charge on any atom is -0.497 e. The van der Waals surface area contributed by atoms with Crippen LogP contribution in [0.5, 0.6) is 5.75 Å². The number of anilines is 2. The Kier molecular flexibility index (Phi) is 6.91. The number of fused-ring (bicyclic) bond motifs is 1. The topological polar surface area (TPSA) is 63.0 Å². The average molecular weight is 510 g/mol. The molecule has 9 heteroatoms. The molecule has 7 nitrogen and oxygen atoms in total. The standard InChI is InChI=1S/C26H31N5O2S2/c1-5-22-25(29(2)26-28-23(17-34-26)19-6-9-21(33-3)10-7-19)31-16-20(8-11-24(31)27-22)18-12-14-30(15-13-18)35(4)32/h6-11,16-18H,5,12-15H2,1-4H3. The van der Waals surface area contributed by atoms with Crippen molar-refractivity contribution in [3.8, 4) is 17.0 Å². The van der Waals surface area contributed by atoms with Crippen LogP contribution in [0.4, 0.5) is 10.9 Å². The van der Waals surface area contributed by atoms with Crippen molar-refractivity contribution in [2.45, 2.75) is 32.1 Å². The summed E-state index contributed by atoms with van der Waals surface area (Å²) in [7, 11) is 2.86. The van der Waals surface area contributed by atoms with Gasteiger partial charge < -0.3 is 9.64 Å². The van der Waals surface area contributed by atoms with Gasteiger partial charge in [0.05, 0.1) is 29.5 Å². The van der Waals surface area contributed by atoms with Crippen molar-refractivity contribution in [3.63, 3.8) is 0 Å². The maximum atomic E-state index is 11.8. The summed E-state index contributed by atoms with van der Waals surface area (Å²) in [5.74, 6) is 2.36. The summed E-state index contributed by atoms with van der Waals surface area (Å²) in [6, 6.07) is 12.3. The van der Waals surface area contributed by atoms with Gasteiger partial charge in [0.1, 0.15) is 17.2 Å². The third-order valence-corrected chi connectivity index (χ3v) is 8.80. The van der Waals surface area contributed by atoms with Gasteiger partial charge in [-0.2, -0.15) is 0 Å². The van der Waals surface area contributed by atoms with Gasteiger partial charge in [-0.05, 0) is 61.1 Å². The number of rotatable bonds is 7. The number of pyridine rings is 1. The first-order valence-electron chi connectivity index (χ1n) is 11.9. The van der Waals surface area contributed by atoms with Gasteiger partial charge in [0, 0.05) is 43.5 Å². The summed E-state index contributed by atoms with van der Waals surface area (Å²) in [5.41, 5.74) is 5.34. The summed E-state index contributed by atoms with van der Waals surface area (Å²) in [4.78, 5) is 12.0. The molecule has 0 saturated carbocycles. The monoisotopic (exact) mass is 509 g/mol. The minimum atomic E-state index is -0.889. The molecule has 1 fully saturated rings. The second kappa shape index (κ2) is 10.1. The number of methoxy groups -OCH3 is 1. The van der Waals surface area contributed by atoms with Crippen molar-refractivity contribution in [1.82, 2.24) is 18.7 Å². The summed E-state index contributed by atoms with van der Waals surface area (Å²) in [6.45, 7) is 3.89. The lowest BCUT2D eigenvalue weighted by Crippen LogP contribution is -2.33. The van der Waals surface area contributed by atoms with E-state index in [-0.39, 0.29) is 0 Å². The van der Waals surface area contributed by atoms with E-state index in [1.165, 1.54) is 5.56 Å². The summed E-state index contributed by atoms with van der Waals surface area (Å²) >= 11 is 1.63. The van der Waals surface area contributed by atoms with E-state index >= 15 is 0 Å². The van der Waals surface area contributed by atoms with Crippen molar-refractivity contribution in [3.05, 3.63) is 59.2 Å². The van der Waals surface area contributed by atoms with Crippen molar-refractivity contribution >= 4 is 38.9 Å². The quantitative estimate of drug-likeness (QED) is 0.340. The number of hydrogen-bond donors (Lipinski definition) is 0. The van der Waals surface area contributed by atoms with Gasteiger partial charge in [0.2, 0.25) is 0 Å². The molecule has 4 aromatic rings. The Hall–Kier alpha value is -2.75. The second-order valence-corrected chi connectivity index (χ2v) is 11.1. The molecule has 3 aromatic heterocycles. The zero-order valence-corrected chi connectivity index (χ0v) is 22.2. The SMILES string of the molecule is CCc1nc2ccc(C3CCN(S(C)=O)CC3)cn2c1N(C)c1nc(-c2ccc(OC)cc2)cs1. The fourth-order valence-electron chi connectivity index (χ4n) is 4.78. The van der Waals surface area contributed by atoms with Gasteiger partial charge in [-0.3, -0.25) is 4.40 Å². The molecular weight excluding hydrogens is 478 g/mol. The summed E-state index contributed by atoms with van der Waals surface area (Å²) in [5, 5.41) is 3.02. The fraction of sp³-hybridized carbons (Fsp3) is 0.385. The number of thiazole rings is 1. The van der Waals surface area contributed by atoms with Crippen LogP contribution in [-0.4, -0.2) is 56.4 Å². The first-order valence-corrected chi connectivity index (χ1v) is 14.3. The van der Waals surface area contributed by atoms with Crippen LogP contribution in [0.25, 0.3) is 16.9 Å². The number of aromatic nitrogens is 3. The predicted molar refractivity (Wildman–Crippen MR) is 144 cm³/mol. The lowest BCUT2D eigenvalue weighted by molar-refractivity contribution is 0.335. The molecule has 0 amide bonds. The van der Waals surface area contributed by atoms with E-state index < -0.39 is 11.0 Å². The third-order valence-electron chi connectivity index (χ3n) is 6.79. The lowest BCUT2D eigenvalue weighted by atomic mass is 9.91. The number of aryl methyl sites for hydroxylation is 1. The number of hydrogen-bond acceptors (Lipinski definition) is 6. The normalized spacial score (nSPS) is 16.0. The van der Waals surface area contributed by atoms with Crippen LogP contribution < -0.4 is 9.64 Å². The van der Waals surface area contributed by atoms with E-state index in [1.807, 2.05) is 24.3 Å². The van der Waals surface area contributed by atoms with Gasteiger partial charge >= 0.3 is 0 Å². The average Bonchev–Trinajstić information content (AvgIpc) is 3.53.